The van der Waals surface area contributed by atoms with Gasteiger partial charge in [0, 0.05) is 18.8 Å². The summed E-state index contributed by atoms with van der Waals surface area (Å²) < 4.78 is 5.47. The zero-order valence-electron chi connectivity index (χ0n) is 14.1. The molecule has 1 aliphatic rings. The molecular weight excluding hydrogens is 278 g/mol. The summed E-state index contributed by atoms with van der Waals surface area (Å²) in [6, 6.07) is 4.36. The molecule has 0 spiro atoms. The van der Waals surface area contributed by atoms with E-state index in [2.05, 4.69) is 16.4 Å². The quantitative estimate of drug-likeness (QED) is 0.922. The first-order valence-electron chi connectivity index (χ1n) is 8.10. The number of carbonyl (C=O) groups excluding carboxylic acids is 1. The summed E-state index contributed by atoms with van der Waals surface area (Å²) in [6.45, 7) is 9.31. The van der Waals surface area contributed by atoms with Gasteiger partial charge in [0.2, 0.25) is 0 Å². The summed E-state index contributed by atoms with van der Waals surface area (Å²) in [6.07, 6.45) is 4.73. The van der Waals surface area contributed by atoms with Crippen molar-refractivity contribution in [1.29, 1.82) is 0 Å². The number of anilines is 1. The van der Waals surface area contributed by atoms with Crippen LogP contribution < -0.4 is 10.2 Å². The monoisotopic (exact) mass is 305 g/mol. The van der Waals surface area contributed by atoms with Crippen LogP contribution in [0, 0.1) is 0 Å². The molecule has 122 valence electrons. The lowest BCUT2D eigenvalue weighted by molar-refractivity contribution is 0.0579. The molecule has 2 heterocycles. The van der Waals surface area contributed by atoms with Gasteiger partial charge >= 0.3 is 6.09 Å². The topological polar surface area (TPSA) is 54.5 Å². The third-order valence-corrected chi connectivity index (χ3v) is 3.57. The molecule has 1 aromatic heterocycles. The molecule has 5 heteroatoms. The number of hydrogen-bond acceptors (Lipinski definition) is 4. The van der Waals surface area contributed by atoms with Crippen molar-refractivity contribution in [2.75, 3.05) is 18.0 Å². The fourth-order valence-corrected chi connectivity index (χ4v) is 2.57. The molecule has 0 aliphatic carbocycles. The summed E-state index contributed by atoms with van der Waals surface area (Å²) in [4.78, 5) is 18.4. The van der Waals surface area contributed by atoms with E-state index in [-0.39, 0.29) is 6.09 Å². The highest BCUT2D eigenvalue weighted by molar-refractivity contribution is 5.86. The minimum Gasteiger partial charge on any atom is -0.443 e. The fourth-order valence-electron chi connectivity index (χ4n) is 2.57. The molecule has 0 aromatic carbocycles. The Morgan fingerprint density at radius 2 is 2.23 bits per heavy atom. The number of carbonyl (C=O) groups is 1. The van der Waals surface area contributed by atoms with Crippen LogP contribution in [0.2, 0.25) is 0 Å². The molecule has 0 bridgehead atoms. The Hall–Kier alpha value is -1.62. The highest BCUT2D eigenvalue weighted by Gasteiger charge is 2.24. The van der Waals surface area contributed by atoms with Gasteiger partial charge in [-0.3, -0.25) is 4.90 Å². The van der Waals surface area contributed by atoms with Crippen LogP contribution in [-0.2, 0) is 4.74 Å². The molecule has 1 fully saturated rings. The second kappa shape index (κ2) is 7.09. The first-order chi connectivity index (χ1) is 10.4. The molecule has 0 radical (unpaired) electrons. The van der Waals surface area contributed by atoms with Crippen molar-refractivity contribution in [3.05, 3.63) is 23.9 Å². The minimum atomic E-state index is -0.503. The standard InChI is InChI=1S/C17H27N3O2/c1-5-11-20(16(21)22-17(2,3)4)15-9-8-13(12-19-15)14-7-6-10-18-14/h8-9,12,14,18H,5-7,10-11H2,1-4H3/t14-/m1/s1. The van der Waals surface area contributed by atoms with Crippen molar-refractivity contribution in [1.82, 2.24) is 10.3 Å². The van der Waals surface area contributed by atoms with Crippen LogP contribution in [0.4, 0.5) is 10.6 Å². The number of amides is 1. The van der Waals surface area contributed by atoms with Crippen molar-refractivity contribution < 1.29 is 9.53 Å². The lowest BCUT2D eigenvalue weighted by atomic mass is 10.1. The Morgan fingerprint density at radius 3 is 2.73 bits per heavy atom. The van der Waals surface area contributed by atoms with Gasteiger partial charge in [-0.05, 0) is 58.2 Å². The van der Waals surface area contributed by atoms with Crippen LogP contribution in [0.15, 0.2) is 18.3 Å². The first-order valence-corrected chi connectivity index (χ1v) is 8.10. The van der Waals surface area contributed by atoms with E-state index < -0.39 is 5.60 Å². The summed E-state index contributed by atoms with van der Waals surface area (Å²) >= 11 is 0. The molecule has 1 saturated heterocycles. The number of rotatable bonds is 4. The summed E-state index contributed by atoms with van der Waals surface area (Å²) in [5.41, 5.74) is 0.679. The summed E-state index contributed by atoms with van der Waals surface area (Å²) in [7, 11) is 0. The van der Waals surface area contributed by atoms with Crippen LogP contribution in [0.5, 0.6) is 0 Å². The summed E-state index contributed by atoms with van der Waals surface area (Å²) in [5.74, 6) is 0.651. The largest absolute Gasteiger partial charge is 0.443 e. The molecular formula is C17H27N3O2. The van der Waals surface area contributed by atoms with E-state index >= 15 is 0 Å². The maximum atomic E-state index is 12.3. The Morgan fingerprint density at radius 1 is 1.45 bits per heavy atom. The van der Waals surface area contributed by atoms with Crippen LogP contribution >= 0.6 is 0 Å². The molecule has 1 amide bonds. The number of ether oxygens (including phenoxy) is 1. The van der Waals surface area contributed by atoms with Gasteiger partial charge in [-0.1, -0.05) is 13.0 Å². The van der Waals surface area contributed by atoms with E-state index in [0.29, 0.717) is 18.4 Å². The molecule has 1 aliphatic heterocycles. The molecule has 0 unspecified atom stereocenters. The molecule has 1 N–H and O–H groups in total. The molecule has 22 heavy (non-hydrogen) atoms. The maximum Gasteiger partial charge on any atom is 0.416 e. The van der Waals surface area contributed by atoms with Crippen LogP contribution in [0.3, 0.4) is 0 Å². The normalized spacial score (nSPS) is 18.3. The Labute approximate surface area is 133 Å². The van der Waals surface area contributed by atoms with Gasteiger partial charge in [0.25, 0.3) is 0 Å². The van der Waals surface area contributed by atoms with Crippen LogP contribution in [-0.4, -0.2) is 29.8 Å². The minimum absolute atomic E-state index is 0.339. The number of aromatic nitrogens is 1. The molecule has 0 saturated carbocycles. The number of nitrogens with one attached hydrogen (secondary N) is 1. The Balaban J connectivity index is 2.12. The van der Waals surface area contributed by atoms with Gasteiger partial charge < -0.3 is 10.1 Å². The van der Waals surface area contributed by atoms with Crippen molar-refractivity contribution in [3.8, 4) is 0 Å². The van der Waals surface area contributed by atoms with E-state index in [4.69, 9.17) is 4.74 Å². The van der Waals surface area contributed by atoms with E-state index in [1.807, 2.05) is 40.0 Å². The van der Waals surface area contributed by atoms with E-state index in [1.165, 1.54) is 12.0 Å². The van der Waals surface area contributed by atoms with Gasteiger partial charge in [0.1, 0.15) is 11.4 Å². The number of nitrogens with zero attached hydrogens (tertiary/aromatic N) is 2. The van der Waals surface area contributed by atoms with Crippen molar-refractivity contribution in [2.45, 2.75) is 58.6 Å². The predicted octanol–water partition coefficient (Wildman–Crippen LogP) is 3.66. The zero-order valence-corrected chi connectivity index (χ0v) is 14.1. The van der Waals surface area contributed by atoms with Gasteiger partial charge in [-0.2, -0.15) is 0 Å². The zero-order chi connectivity index (χ0) is 16.2. The lowest BCUT2D eigenvalue weighted by Gasteiger charge is -2.26. The first kappa shape index (κ1) is 16.7. The average molecular weight is 305 g/mol. The SMILES string of the molecule is CCCN(C(=O)OC(C)(C)C)c1ccc([C@H]2CCCN2)cn1. The number of hydrogen-bond donors (Lipinski definition) is 1. The van der Waals surface area contributed by atoms with Crippen molar-refractivity contribution in [3.63, 3.8) is 0 Å². The Kier molecular flexibility index (Phi) is 5.40. The third kappa shape index (κ3) is 4.44. The predicted molar refractivity (Wildman–Crippen MR) is 88.1 cm³/mol. The van der Waals surface area contributed by atoms with E-state index in [1.54, 1.807) is 4.90 Å². The highest BCUT2D eigenvalue weighted by atomic mass is 16.6. The van der Waals surface area contributed by atoms with Crippen LogP contribution in [0.25, 0.3) is 0 Å². The van der Waals surface area contributed by atoms with Gasteiger partial charge in [0.15, 0.2) is 0 Å². The van der Waals surface area contributed by atoms with E-state index in [0.717, 1.165) is 19.4 Å². The lowest BCUT2D eigenvalue weighted by Crippen LogP contribution is -2.37. The second-order valence-electron chi connectivity index (χ2n) is 6.73. The molecule has 1 aromatic rings. The van der Waals surface area contributed by atoms with Gasteiger partial charge in [0.05, 0.1) is 0 Å². The second-order valence-corrected chi connectivity index (χ2v) is 6.73. The molecule has 2 rings (SSSR count). The highest BCUT2D eigenvalue weighted by Crippen LogP contribution is 2.24. The third-order valence-electron chi connectivity index (χ3n) is 3.57. The average Bonchev–Trinajstić information content (AvgIpc) is 2.97. The van der Waals surface area contributed by atoms with Gasteiger partial charge in [-0.25, -0.2) is 9.78 Å². The Bertz CT molecular complexity index is 488. The maximum absolute atomic E-state index is 12.3. The van der Waals surface area contributed by atoms with E-state index in [9.17, 15) is 4.79 Å². The molecule has 5 nitrogen and oxygen atoms in total. The molecule has 1 atom stereocenters. The number of pyridine rings is 1. The summed E-state index contributed by atoms with van der Waals surface area (Å²) in [5, 5.41) is 3.46. The van der Waals surface area contributed by atoms with Crippen LogP contribution in [0.1, 0.15) is 58.6 Å². The fraction of sp³-hybridized carbons (Fsp3) is 0.647. The smallest absolute Gasteiger partial charge is 0.416 e. The van der Waals surface area contributed by atoms with Gasteiger partial charge in [-0.15, -0.1) is 0 Å². The van der Waals surface area contributed by atoms with Crippen molar-refractivity contribution >= 4 is 11.9 Å². The van der Waals surface area contributed by atoms with Crippen molar-refractivity contribution in [2.24, 2.45) is 0 Å².